The van der Waals surface area contributed by atoms with Crippen molar-refractivity contribution >= 4 is 11.6 Å². The van der Waals surface area contributed by atoms with E-state index in [2.05, 4.69) is 12.1 Å². The van der Waals surface area contributed by atoms with E-state index in [0.29, 0.717) is 11.3 Å². The molecular weight excluding hydrogens is 314 g/mol. The standard InChI is InChI=1S/C21H15NO3/c1-12-8-16(24)9-19-17(12)10-18(13-2-4-15(23)5-3-13)20(19)21-14(11-22)6-7-25-21/h2-10,20,23-24H,1H3. The maximum atomic E-state index is 10.1. The van der Waals surface area contributed by atoms with Gasteiger partial charge in [-0.15, -0.1) is 0 Å². The Labute approximate surface area is 144 Å². The van der Waals surface area contributed by atoms with Gasteiger partial charge in [-0.3, -0.25) is 0 Å². The molecule has 4 heteroatoms. The number of phenols is 2. The molecule has 0 amide bonds. The van der Waals surface area contributed by atoms with E-state index >= 15 is 0 Å². The lowest BCUT2D eigenvalue weighted by Gasteiger charge is -2.16. The number of benzene rings is 2. The van der Waals surface area contributed by atoms with Gasteiger partial charge in [0.1, 0.15) is 23.3 Å². The largest absolute Gasteiger partial charge is 0.508 e. The molecule has 1 heterocycles. The summed E-state index contributed by atoms with van der Waals surface area (Å²) in [5.74, 6) is 0.660. The average Bonchev–Trinajstić information content (AvgIpc) is 3.19. The molecule has 122 valence electrons. The Bertz CT molecular complexity index is 1040. The highest BCUT2D eigenvalue weighted by atomic mass is 16.3. The van der Waals surface area contributed by atoms with Crippen LogP contribution in [0.3, 0.4) is 0 Å². The van der Waals surface area contributed by atoms with E-state index in [1.807, 2.05) is 19.1 Å². The smallest absolute Gasteiger partial charge is 0.133 e. The molecule has 0 radical (unpaired) electrons. The van der Waals surface area contributed by atoms with Gasteiger partial charge in [-0.25, -0.2) is 0 Å². The number of allylic oxidation sites excluding steroid dienone is 1. The van der Waals surface area contributed by atoms with E-state index in [-0.39, 0.29) is 17.4 Å². The second kappa shape index (κ2) is 5.57. The number of rotatable bonds is 2. The van der Waals surface area contributed by atoms with E-state index in [1.165, 1.54) is 6.26 Å². The molecule has 0 bridgehead atoms. The summed E-state index contributed by atoms with van der Waals surface area (Å²) in [6.07, 6.45) is 3.57. The summed E-state index contributed by atoms with van der Waals surface area (Å²) in [7, 11) is 0. The zero-order chi connectivity index (χ0) is 17.6. The first-order chi connectivity index (χ1) is 12.1. The van der Waals surface area contributed by atoms with Crippen LogP contribution in [0.5, 0.6) is 11.5 Å². The number of nitriles is 1. The second-order valence-electron chi connectivity index (χ2n) is 6.16. The van der Waals surface area contributed by atoms with Crippen LogP contribution < -0.4 is 0 Å². The molecule has 0 fully saturated rings. The Morgan fingerprint density at radius 1 is 1.04 bits per heavy atom. The van der Waals surface area contributed by atoms with Crippen LogP contribution in [0.2, 0.25) is 0 Å². The van der Waals surface area contributed by atoms with Gasteiger partial charge in [-0.1, -0.05) is 12.1 Å². The van der Waals surface area contributed by atoms with E-state index < -0.39 is 0 Å². The molecule has 0 aliphatic heterocycles. The Morgan fingerprint density at radius 2 is 1.80 bits per heavy atom. The Kier molecular flexibility index (Phi) is 3.36. The first-order valence-electron chi connectivity index (χ1n) is 7.90. The summed E-state index contributed by atoms with van der Waals surface area (Å²) in [5, 5.41) is 29.0. The third-order valence-corrected chi connectivity index (χ3v) is 4.60. The molecule has 0 saturated carbocycles. The van der Waals surface area contributed by atoms with Crippen LogP contribution in [0.4, 0.5) is 0 Å². The fourth-order valence-corrected chi connectivity index (χ4v) is 3.47. The maximum absolute atomic E-state index is 10.1. The molecule has 1 aliphatic carbocycles. The molecule has 1 unspecified atom stereocenters. The van der Waals surface area contributed by atoms with Gasteiger partial charge in [-0.05, 0) is 71.2 Å². The molecule has 2 aromatic carbocycles. The first-order valence-corrected chi connectivity index (χ1v) is 7.90. The summed E-state index contributed by atoms with van der Waals surface area (Å²) >= 11 is 0. The van der Waals surface area contributed by atoms with Crippen molar-refractivity contribution in [3.8, 4) is 17.6 Å². The monoisotopic (exact) mass is 329 g/mol. The molecule has 0 spiro atoms. The van der Waals surface area contributed by atoms with Gasteiger partial charge in [-0.2, -0.15) is 5.26 Å². The minimum absolute atomic E-state index is 0.187. The van der Waals surface area contributed by atoms with E-state index in [9.17, 15) is 15.5 Å². The molecule has 1 aliphatic rings. The molecular formula is C21H15NO3. The fourth-order valence-electron chi connectivity index (χ4n) is 3.47. The lowest BCUT2D eigenvalue weighted by atomic mass is 9.87. The van der Waals surface area contributed by atoms with E-state index in [0.717, 1.165) is 27.8 Å². The SMILES string of the molecule is Cc1cc(O)cc2c1C=C(c1ccc(O)cc1)C2c1occc1C#N. The lowest BCUT2D eigenvalue weighted by molar-refractivity contribution is 0.472. The van der Waals surface area contributed by atoms with Crippen molar-refractivity contribution < 1.29 is 14.6 Å². The van der Waals surface area contributed by atoms with Crippen LogP contribution in [0.1, 0.15) is 39.5 Å². The summed E-state index contributed by atoms with van der Waals surface area (Å²) in [6.45, 7) is 1.94. The summed E-state index contributed by atoms with van der Waals surface area (Å²) < 4.78 is 5.66. The van der Waals surface area contributed by atoms with Gasteiger partial charge >= 0.3 is 0 Å². The second-order valence-corrected chi connectivity index (χ2v) is 6.16. The molecule has 1 aromatic heterocycles. The van der Waals surface area contributed by atoms with Crippen molar-refractivity contribution in [2.45, 2.75) is 12.8 Å². The molecule has 3 aromatic rings. The minimum atomic E-state index is -0.282. The highest BCUT2D eigenvalue weighted by Gasteiger charge is 2.33. The molecule has 4 nitrogen and oxygen atoms in total. The molecule has 1 atom stereocenters. The number of hydrogen-bond acceptors (Lipinski definition) is 4. The van der Waals surface area contributed by atoms with Gasteiger partial charge in [0.05, 0.1) is 17.7 Å². The van der Waals surface area contributed by atoms with Crippen molar-refractivity contribution in [1.29, 1.82) is 5.26 Å². The Balaban J connectivity index is 1.96. The highest BCUT2D eigenvalue weighted by molar-refractivity contribution is 5.94. The summed E-state index contributed by atoms with van der Waals surface area (Å²) in [4.78, 5) is 0. The average molecular weight is 329 g/mol. The Morgan fingerprint density at radius 3 is 2.52 bits per heavy atom. The Hall–Kier alpha value is -3.45. The zero-order valence-corrected chi connectivity index (χ0v) is 13.5. The maximum Gasteiger partial charge on any atom is 0.133 e. The van der Waals surface area contributed by atoms with Crippen LogP contribution in [-0.2, 0) is 0 Å². The third kappa shape index (κ3) is 2.38. The van der Waals surface area contributed by atoms with Crippen LogP contribution in [0.25, 0.3) is 11.6 Å². The number of aryl methyl sites for hydroxylation is 1. The van der Waals surface area contributed by atoms with Gasteiger partial charge in [0, 0.05) is 0 Å². The topological polar surface area (TPSA) is 77.4 Å². The fraction of sp³-hybridized carbons (Fsp3) is 0.0952. The summed E-state index contributed by atoms with van der Waals surface area (Å²) in [5.41, 5.74) is 5.26. The number of phenolic OH excluding ortho intramolecular Hbond substituents is 2. The van der Waals surface area contributed by atoms with Crippen molar-refractivity contribution in [2.75, 3.05) is 0 Å². The van der Waals surface area contributed by atoms with E-state index in [1.54, 1.807) is 30.3 Å². The minimum Gasteiger partial charge on any atom is -0.508 e. The van der Waals surface area contributed by atoms with Gasteiger partial charge < -0.3 is 14.6 Å². The predicted molar refractivity (Wildman–Crippen MR) is 94.1 cm³/mol. The molecule has 0 saturated heterocycles. The number of fused-ring (bicyclic) bond motifs is 1. The van der Waals surface area contributed by atoms with Crippen molar-refractivity contribution in [2.24, 2.45) is 0 Å². The summed E-state index contributed by atoms with van der Waals surface area (Å²) in [6, 6.07) is 14.2. The normalized spacial score (nSPS) is 15.5. The number of furan rings is 1. The third-order valence-electron chi connectivity index (χ3n) is 4.60. The van der Waals surface area contributed by atoms with Crippen LogP contribution in [0.15, 0.2) is 53.1 Å². The van der Waals surface area contributed by atoms with Crippen molar-refractivity contribution in [3.63, 3.8) is 0 Å². The highest BCUT2D eigenvalue weighted by Crippen LogP contribution is 2.49. The number of hydrogen-bond donors (Lipinski definition) is 2. The molecule has 25 heavy (non-hydrogen) atoms. The number of aromatic hydroxyl groups is 2. The van der Waals surface area contributed by atoms with Gasteiger partial charge in [0.25, 0.3) is 0 Å². The van der Waals surface area contributed by atoms with Crippen LogP contribution in [-0.4, -0.2) is 10.2 Å². The predicted octanol–water partition coefficient (Wildman–Crippen LogP) is 4.56. The zero-order valence-electron chi connectivity index (χ0n) is 13.5. The van der Waals surface area contributed by atoms with Crippen molar-refractivity contribution in [1.82, 2.24) is 0 Å². The first kappa shape index (κ1) is 15.1. The van der Waals surface area contributed by atoms with Crippen LogP contribution >= 0.6 is 0 Å². The molecule has 4 rings (SSSR count). The lowest BCUT2D eigenvalue weighted by Crippen LogP contribution is -2.02. The number of nitrogens with zero attached hydrogens (tertiary/aromatic N) is 1. The van der Waals surface area contributed by atoms with Gasteiger partial charge in [0.2, 0.25) is 0 Å². The van der Waals surface area contributed by atoms with Gasteiger partial charge in [0.15, 0.2) is 0 Å². The quantitative estimate of drug-likeness (QED) is 0.722. The van der Waals surface area contributed by atoms with Crippen LogP contribution in [0, 0.1) is 18.3 Å². The molecule has 2 N–H and O–H groups in total. The van der Waals surface area contributed by atoms with Crippen molar-refractivity contribution in [3.05, 3.63) is 82.3 Å². The van der Waals surface area contributed by atoms with E-state index in [4.69, 9.17) is 4.42 Å².